The number of carbonyl (C=O) groups excluding carboxylic acids is 5. The van der Waals surface area contributed by atoms with Crippen LogP contribution in [-0.2, 0) is 40.6 Å². The molecular weight excluding hydrogens is 817 g/mol. The summed E-state index contributed by atoms with van der Waals surface area (Å²) in [4.78, 5) is 71.8. The van der Waals surface area contributed by atoms with Gasteiger partial charge in [-0.05, 0) is 102 Å². The molecule has 9 rings (SSSR count). The van der Waals surface area contributed by atoms with Gasteiger partial charge in [0, 0.05) is 61.5 Å². The summed E-state index contributed by atoms with van der Waals surface area (Å²) in [7, 11) is 0. The van der Waals surface area contributed by atoms with Gasteiger partial charge in [-0.3, -0.25) is 29.4 Å². The maximum absolute atomic E-state index is 14.3. The molecule has 1 unspecified atom stereocenters. The van der Waals surface area contributed by atoms with Gasteiger partial charge in [0.1, 0.15) is 24.1 Å². The highest BCUT2D eigenvalue weighted by molar-refractivity contribution is 7.10. The van der Waals surface area contributed by atoms with Crippen molar-refractivity contribution in [2.45, 2.75) is 70.9 Å². The molecule has 1 atom stereocenters. The molecule has 2 N–H and O–H groups in total. The fourth-order valence-corrected chi connectivity index (χ4v) is 9.94. The van der Waals surface area contributed by atoms with Gasteiger partial charge < -0.3 is 29.5 Å². The lowest BCUT2D eigenvalue weighted by Crippen LogP contribution is -2.64. The molecule has 2 fully saturated rings. The number of ether oxygens (including phenoxy) is 2. The van der Waals surface area contributed by atoms with Crippen molar-refractivity contribution >= 4 is 57.5 Å². The molecule has 4 aliphatic heterocycles. The molecule has 0 bridgehead atoms. The third-order valence-corrected chi connectivity index (χ3v) is 13.4. The number of carbonyl (C=O) groups is 5. The number of unbranched alkanes of at least 4 members (excludes halogenated alkanes) is 1. The third kappa shape index (κ3) is 8.52. The van der Waals surface area contributed by atoms with Crippen LogP contribution in [0.3, 0.4) is 0 Å². The van der Waals surface area contributed by atoms with E-state index < -0.39 is 11.9 Å². The first kappa shape index (κ1) is 41.8. The van der Waals surface area contributed by atoms with Crippen molar-refractivity contribution in [3.63, 3.8) is 0 Å². The summed E-state index contributed by atoms with van der Waals surface area (Å²) in [5, 5.41) is 9.94. The second-order valence-corrected chi connectivity index (χ2v) is 17.4. The maximum Gasteiger partial charge on any atom is 0.325 e. The summed E-state index contributed by atoms with van der Waals surface area (Å²) >= 11 is 1.48. The number of piperidine rings is 1. The number of nitrogens with zero attached hydrogens (tertiary/aromatic N) is 4. The summed E-state index contributed by atoms with van der Waals surface area (Å²) in [5.74, 6) is 0.505. The Morgan fingerprint density at radius 1 is 0.921 bits per heavy atom. The highest BCUT2D eigenvalue weighted by Crippen LogP contribution is 2.39. The summed E-state index contributed by atoms with van der Waals surface area (Å²) in [6.07, 6.45) is 3.53. The van der Waals surface area contributed by atoms with Crippen LogP contribution < -0.4 is 25.0 Å². The molecule has 1 aromatic heterocycles. The molecular formula is C49H50N6O7S. The zero-order valence-corrected chi connectivity index (χ0v) is 36.1. The van der Waals surface area contributed by atoms with Gasteiger partial charge in [-0.15, -0.1) is 11.3 Å². The van der Waals surface area contributed by atoms with E-state index in [1.807, 2.05) is 58.5 Å². The molecule has 5 aromatic rings. The third-order valence-electron chi connectivity index (χ3n) is 12.4. The molecule has 4 aromatic carbocycles. The Balaban J connectivity index is 0.803. The number of hydrogen-bond donors (Lipinski definition) is 2. The Labute approximate surface area is 370 Å². The number of thiophene rings is 1. The zero-order chi connectivity index (χ0) is 43.6. The van der Waals surface area contributed by atoms with Crippen molar-refractivity contribution in [3.8, 4) is 22.6 Å². The van der Waals surface area contributed by atoms with E-state index in [9.17, 15) is 24.0 Å². The fraction of sp³-hybridized carbons (Fsp3) is 0.327. The summed E-state index contributed by atoms with van der Waals surface area (Å²) in [6.45, 7) is 10.3. The van der Waals surface area contributed by atoms with Crippen LogP contribution in [0.1, 0.15) is 64.5 Å². The van der Waals surface area contributed by atoms with E-state index in [2.05, 4.69) is 59.7 Å². The topological polar surface area (TPSA) is 141 Å². The lowest BCUT2D eigenvalue weighted by atomic mass is 9.94. The van der Waals surface area contributed by atoms with Crippen molar-refractivity contribution in [1.29, 1.82) is 0 Å². The number of urea groups is 1. The minimum atomic E-state index is -0.641. The van der Waals surface area contributed by atoms with Crippen LogP contribution in [0.4, 0.5) is 10.5 Å². The zero-order valence-electron chi connectivity index (χ0n) is 35.3. The highest BCUT2D eigenvalue weighted by Gasteiger charge is 2.42. The van der Waals surface area contributed by atoms with E-state index in [0.29, 0.717) is 70.2 Å². The summed E-state index contributed by atoms with van der Waals surface area (Å²) in [6, 6.07) is 26.1. The van der Waals surface area contributed by atoms with Crippen LogP contribution in [0.15, 0.2) is 96.9 Å². The lowest BCUT2D eigenvalue weighted by Gasteiger charge is -2.48. The molecule has 0 radical (unpaired) electrons. The minimum absolute atomic E-state index is 0.0373. The predicted octanol–water partition coefficient (Wildman–Crippen LogP) is 7.02. The molecule has 6 amide bonds. The monoisotopic (exact) mass is 866 g/mol. The van der Waals surface area contributed by atoms with Crippen LogP contribution >= 0.6 is 11.3 Å². The molecule has 13 nitrogen and oxygen atoms in total. The average Bonchev–Trinajstić information content (AvgIpc) is 3.83. The van der Waals surface area contributed by atoms with Gasteiger partial charge in [-0.2, -0.15) is 0 Å². The van der Waals surface area contributed by atoms with Crippen LogP contribution in [0.25, 0.3) is 21.9 Å². The molecule has 63 heavy (non-hydrogen) atoms. The van der Waals surface area contributed by atoms with Crippen LogP contribution in [0.5, 0.6) is 11.5 Å². The molecule has 0 spiro atoms. The molecule has 0 saturated carbocycles. The second-order valence-electron chi connectivity index (χ2n) is 16.4. The van der Waals surface area contributed by atoms with E-state index in [1.165, 1.54) is 17.4 Å². The lowest BCUT2D eigenvalue weighted by molar-refractivity contribution is -0.137. The van der Waals surface area contributed by atoms with Crippen molar-refractivity contribution in [3.05, 3.63) is 124 Å². The highest BCUT2D eigenvalue weighted by atomic mass is 32.1. The number of nitrogens with one attached hydrogen (secondary N) is 2. The Kier molecular flexibility index (Phi) is 12.0. The quantitative estimate of drug-likeness (QED) is 0.0614. The molecule has 2 saturated heterocycles. The molecule has 14 heteroatoms. The van der Waals surface area contributed by atoms with Gasteiger partial charge in [0.25, 0.3) is 5.91 Å². The smallest absolute Gasteiger partial charge is 0.325 e. The number of likely N-dealkylation sites (tertiary alicyclic amines) is 1. The maximum atomic E-state index is 14.3. The Hall–Kier alpha value is -6.51. The fourth-order valence-electron chi connectivity index (χ4n) is 8.99. The Morgan fingerprint density at radius 2 is 1.75 bits per heavy atom. The first-order valence-electron chi connectivity index (χ1n) is 21.6. The van der Waals surface area contributed by atoms with E-state index in [-0.39, 0.29) is 36.2 Å². The van der Waals surface area contributed by atoms with Crippen molar-refractivity contribution < 1.29 is 33.4 Å². The first-order valence-corrected chi connectivity index (χ1v) is 22.5. The number of imide groups is 1. The average molecular weight is 867 g/mol. The van der Waals surface area contributed by atoms with Crippen molar-refractivity contribution in [2.75, 3.05) is 37.7 Å². The molecule has 5 heterocycles. The van der Waals surface area contributed by atoms with Gasteiger partial charge >= 0.3 is 6.03 Å². The van der Waals surface area contributed by atoms with Crippen LogP contribution in [0, 0.1) is 0 Å². The Morgan fingerprint density at radius 3 is 2.54 bits per heavy atom. The van der Waals surface area contributed by atoms with Crippen molar-refractivity contribution in [2.24, 2.45) is 0 Å². The number of benzene rings is 4. The van der Waals surface area contributed by atoms with E-state index >= 15 is 0 Å². The van der Waals surface area contributed by atoms with Crippen LogP contribution in [0.2, 0.25) is 0 Å². The van der Waals surface area contributed by atoms with Gasteiger partial charge in [-0.1, -0.05) is 55.1 Å². The van der Waals surface area contributed by atoms with Crippen LogP contribution in [-0.4, -0.2) is 89.2 Å². The molecule has 324 valence electrons. The normalized spacial score (nSPS) is 17.4. The molecule has 4 aliphatic rings. The SMILES string of the molecule is C=CC(=O)N1CC(N2Cc3ccc(-c4cc(OCC)cc5ccccc45)cc3N(CCCCNCc3ccc(OCc4scc5c4CN(C4CCC(=O)NC4=O)C5=O)cc3)C2=O)C1. The van der Waals surface area contributed by atoms with Gasteiger partial charge in [0.15, 0.2) is 0 Å². The number of amides is 6. The van der Waals surface area contributed by atoms with E-state index in [4.69, 9.17) is 9.47 Å². The van der Waals surface area contributed by atoms with E-state index in [0.717, 1.165) is 74.3 Å². The standard InChI is InChI=1S/C49H50N6O7S/c1-3-46(57)52-26-35(27-52)54-25-34-14-13-33(39-23-37(61-4-2)21-32-9-5-6-10-38(32)39)22-43(34)53(49(54)60)20-8-7-19-50-24-31-11-15-36(16-12-31)62-29-44-40-28-55(48(59)41(40)30-63-44)42-17-18-45(56)51-47(42)58/h3,5-6,9-16,21-23,30,35,42,50H,1,4,7-8,17-20,24-29H2,2H3,(H,51,56,58). The summed E-state index contributed by atoms with van der Waals surface area (Å²) < 4.78 is 12.1. The minimum Gasteiger partial charge on any atom is -0.494 e. The number of fused-ring (bicyclic) bond motifs is 3. The van der Waals surface area contributed by atoms with Gasteiger partial charge in [-0.25, -0.2) is 4.79 Å². The predicted molar refractivity (Wildman–Crippen MR) is 241 cm³/mol. The van der Waals surface area contributed by atoms with Gasteiger partial charge in [0.2, 0.25) is 17.7 Å². The first-order chi connectivity index (χ1) is 30.7. The summed E-state index contributed by atoms with van der Waals surface area (Å²) in [5.41, 5.74) is 6.67. The second kappa shape index (κ2) is 18.1. The molecule has 0 aliphatic carbocycles. The van der Waals surface area contributed by atoms with Crippen molar-refractivity contribution in [1.82, 2.24) is 25.3 Å². The largest absolute Gasteiger partial charge is 0.494 e. The number of rotatable bonds is 16. The Bertz CT molecular complexity index is 2600. The number of anilines is 1. The number of hydrogen-bond acceptors (Lipinski definition) is 9. The van der Waals surface area contributed by atoms with E-state index in [1.54, 1.807) is 9.80 Å². The van der Waals surface area contributed by atoms with Gasteiger partial charge in [0.05, 0.1) is 23.9 Å².